The van der Waals surface area contributed by atoms with Crippen LogP contribution in [0.15, 0.2) is 24.3 Å². The standard InChI is InChI=1S/C42H81NO3/c1-3-5-7-9-11-13-15-17-19-20-21-22-23-24-25-27-29-31-33-35-37-41(45)40(39-44)43-42(46)38-36-34-32-30-28-26-18-16-14-12-10-8-6-4-2/h27,29,35,37,40-41,44-45H,3-26,28,30-34,36,38-39H2,1-2H3,(H,43,46)/b29-27+,37-35+. The molecule has 0 heterocycles. The van der Waals surface area contributed by atoms with Gasteiger partial charge in [-0.05, 0) is 32.1 Å². The van der Waals surface area contributed by atoms with Crippen LogP contribution in [-0.4, -0.2) is 34.9 Å². The van der Waals surface area contributed by atoms with Gasteiger partial charge < -0.3 is 15.5 Å². The Balaban J connectivity index is 3.61. The van der Waals surface area contributed by atoms with E-state index in [1.54, 1.807) is 6.08 Å². The van der Waals surface area contributed by atoms with Gasteiger partial charge in [-0.1, -0.05) is 205 Å². The number of rotatable bonds is 37. The molecular weight excluding hydrogens is 566 g/mol. The predicted octanol–water partition coefficient (Wildman–Crippen LogP) is 12.5. The summed E-state index contributed by atoms with van der Waals surface area (Å²) in [6.45, 7) is 4.30. The summed E-state index contributed by atoms with van der Waals surface area (Å²) in [6.07, 6.45) is 48.5. The van der Waals surface area contributed by atoms with Crippen LogP contribution in [-0.2, 0) is 4.79 Å². The maximum Gasteiger partial charge on any atom is 0.220 e. The molecule has 0 rings (SSSR count). The first-order chi connectivity index (χ1) is 22.7. The molecule has 272 valence electrons. The molecule has 0 spiro atoms. The molecule has 0 aromatic rings. The molecule has 0 aliphatic rings. The van der Waals surface area contributed by atoms with Crippen molar-refractivity contribution in [1.29, 1.82) is 0 Å². The monoisotopic (exact) mass is 648 g/mol. The maximum atomic E-state index is 12.3. The molecule has 2 atom stereocenters. The predicted molar refractivity (Wildman–Crippen MR) is 202 cm³/mol. The van der Waals surface area contributed by atoms with E-state index in [0.717, 1.165) is 32.1 Å². The number of hydrogen-bond acceptors (Lipinski definition) is 3. The zero-order valence-corrected chi connectivity index (χ0v) is 31.1. The van der Waals surface area contributed by atoms with Gasteiger partial charge in [-0.3, -0.25) is 4.79 Å². The fourth-order valence-corrected chi connectivity index (χ4v) is 6.25. The Labute approximate surface area is 288 Å². The topological polar surface area (TPSA) is 69.6 Å². The third kappa shape index (κ3) is 34.2. The van der Waals surface area contributed by atoms with E-state index in [9.17, 15) is 15.0 Å². The summed E-state index contributed by atoms with van der Waals surface area (Å²) in [5.41, 5.74) is 0. The van der Waals surface area contributed by atoms with Crippen LogP contribution in [0.5, 0.6) is 0 Å². The average Bonchev–Trinajstić information content (AvgIpc) is 3.06. The van der Waals surface area contributed by atoms with E-state index in [-0.39, 0.29) is 12.5 Å². The smallest absolute Gasteiger partial charge is 0.220 e. The molecule has 0 fully saturated rings. The summed E-state index contributed by atoms with van der Waals surface area (Å²) >= 11 is 0. The molecule has 4 nitrogen and oxygen atoms in total. The average molecular weight is 648 g/mol. The molecule has 0 saturated heterocycles. The summed E-state index contributed by atoms with van der Waals surface area (Å²) in [5.74, 6) is -0.0723. The van der Waals surface area contributed by atoms with Crippen molar-refractivity contribution in [2.45, 2.75) is 231 Å². The van der Waals surface area contributed by atoms with Crippen molar-refractivity contribution in [3.05, 3.63) is 24.3 Å². The Morgan fingerprint density at radius 1 is 0.500 bits per heavy atom. The summed E-state index contributed by atoms with van der Waals surface area (Å²) in [4.78, 5) is 12.3. The highest BCUT2D eigenvalue weighted by molar-refractivity contribution is 5.76. The number of allylic oxidation sites excluding steroid dienone is 3. The van der Waals surface area contributed by atoms with Gasteiger partial charge in [0.25, 0.3) is 0 Å². The van der Waals surface area contributed by atoms with E-state index in [4.69, 9.17) is 0 Å². The first-order valence-corrected chi connectivity index (χ1v) is 20.6. The van der Waals surface area contributed by atoms with E-state index >= 15 is 0 Å². The summed E-state index contributed by atoms with van der Waals surface area (Å²) in [6, 6.07) is -0.633. The van der Waals surface area contributed by atoms with Crippen molar-refractivity contribution in [2.75, 3.05) is 6.61 Å². The van der Waals surface area contributed by atoms with Crippen molar-refractivity contribution in [3.63, 3.8) is 0 Å². The molecule has 1 amide bonds. The van der Waals surface area contributed by atoms with Gasteiger partial charge in [0.2, 0.25) is 5.91 Å². The molecule has 0 aliphatic carbocycles. The van der Waals surface area contributed by atoms with Crippen LogP contribution in [0.1, 0.15) is 219 Å². The molecule has 46 heavy (non-hydrogen) atoms. The highest BCUT2D eigenvalue weighted by atomic mass is 16.3. The SMILES string of the molecule is CCCCCCCCCCCCCCCC/C=C/CC/C=C/C(O)C(CO)NC(=O)CCCCCCCCCCCCCCCC. The largest absolute Gasteiger partial charge is 0.394 e. The van der Waals surface area contributed by atoms with E-state index < -0.39 is 12.1 Å². The van der Waals surface area contributed by atoms with Gasteiger partial charge in [0.15, 0.2) is 0 Å². The lowest BCUT2D eigenvalue weighted by molar-refractivity contribution is -0.123. The van der Waals surface area contributed by atoms with Crippen LogP contribution in [0.25, 0.3) is 0 Å². The van der Waals surface area contributed by atoms with Gasteiger partial charge in [0.1, 0.15) is 0 Å². The lowest BCUT2D eigenvalue weighted by atomic mass is 10.0. The minimum Gasteiger partial charge on any atom is -0.394 e. The molecule has 0 bridgehead atoms. The van der Waals surface area contributed by atoms with E-state index in [1.165, 1.54) is 167 Å². The zero-order valence-electron chi connectivity index (χ0n) is 31.1. The summed E-state index contributed by atoms with van der Waals surface area (Å²) in [5, 5.41) is 22.9. The third-order valence-electron chi connectivity index (χ3n) is 9.44. The van der Waals surface area contributed by atoms with E-state index in [2.05, 4.69) is 31.3 Å². The molecule has 2 unspecified atom stereocenters. The number of hydrogen-bond donors (Lipinski definition) is 3. The lowest BCUT2D eigenvalue weighted by Gasteiger charge is -2.19. The van der Waals surface area contributed by atoms with Crippen LogP contribution in [0.3, 0.4) is 0 Å². The molecule has 0 aromatic heterocycles. The normalized spacial score (nSPS) is 13.2. The molecule has 0 saturated carbocycles. The van der Waals surface area contributed by atoms with Crippen molar-refractivity contribution in [2.24, 2.45) is 0 Å². The number of aliphatic hydroxyl groups excluding tert-OH is 2. The fraction of sp³-hybridized carbons (Fsp3) is 0.881. The summed E-state index contributed by atoms with van der Waals surface area (Å²) in [7, 11) is 0. The molecule has 0 aliphatic heterocycles. The van der Waals surface area contributed by atoms with E-state index in [0.29, 0.717) is 6.42 Å². The first kappa shape index (κ1) is 44.9. The second kappa shape index (κ2) is 38.3. The number of carbonyl (C=O) groups excluding carboxylic acids is 1. The van der Waals surface area contributed by atoms with Gasteiger partial charge in [0.05, 0.1) is 18.8 Å². The number of nitrogens with one attached hydrogen (secondary N) is 1. The Hall–Kier alpha value is -1.13. The van der Waals surface area contributed by atoms with Crippen LogP contribution >= 0.6 is 0 Å². The Bertz CT molecular complexity index is 661. The number of aliphatic hydroxyl groups is 2. The van der Waals surface area contributed by atoms with Gasteiger partial charge >= 0.3 is 0 Å². The number of amides is 1. The second-order valence-corrected chi connectivity index (χ2v) is 14.1. The maximum absolute atomic E-state index is 12.3. The van der Waals surface area contributed by atoms with Crippen LogP contribution in [0.2, 0.25) is 0 Å². The van der Waals surface area contributed by atoms with Gasteiger partial charge in [-0.15, -0.1) is 0 Å². The minimum absolute atomic E-state index is 0.0723. The number of carbonyl (C=O) groups is 1. The first-order valence-electron chi connectivity index (χ1n) is 20.6. The van der Waals surface area contributed by atoms with Crippen molar-refractivity contribution < 1.29 is 15.0 Å². The highest BCUT2D eigenvalue weighted by Gasteiger charge is 2.17. The highest BCUT2D eigenvalue weighted by Crippen LogP contribution is 2.15. The molecule has 4 heteroatoms. The summed E-state index contributed by atoms with van der Waals surface area (Å²) < 4.78 is 0. The number of unbranched alkanes of at least 4 members (excludes halogenated alkanes) is 28. The minimum atomic E-state index is -0.857. The molecular formula is C42H81NO3. The van der Waals surface area contributed by atoms with Gasteiger partial charge in [-0.2, -0.15) is 0 Å². The fourth-order valence-electron chi connectivity index (χ4n) is 6.25. The molecule has 0 radical (unpaired) electrons. The molecule has 0 aromatic carbocycles. The van der Waals surface area contributed by atoms with E-state index in [1.807, 2.05) is 6.08 Å². The van der Waals surface area contributed by atoms with Crippen molar-refractivity contribution >= 4 is 5.91 Å². The van der Waals surface area contributed by atoms with Gasteiger partial charge in [0, 0.05) is 6.42 Å². The van der Waals surface area contributed by atoms with Crippen molar-refractivity contribution in [1.82, 2.24) is 5.32 Å². The Morgan fingerprint density at radius 2 is 0.848 bits per heavy atom. The van der Waals surface area contributed by atoms with Crippen LogP contribution in [0, 0.1) is 0 Å². The lowest BCUT2D eigenvalue weighted by Crippen LogP contribution is -2.45. The Kier molecular flexibility index (Phi) is 37.4. The zero-order chi connectivity index (χ0) is 33.6. The van der Waals surface area contributed by atoms with Crippen LogP contribution in [0.4, 0.5) is 0 Å². The molecule has 3 N–H and O–H groups in total. The van der Waals surface area contributed by atoms with Crippen molar-refractivity contribution in [3.8, 4) is 0 Å². The second-order valence-electron chi connectivity index (χ2n) is 14.1. The quantitative estimate of drug-likeness (QED) is 0.0464. The Morgan fingerprint density at radius 3 is 1.26 bits per heavy atom. The van der Waals surface area contributed by atoms with Crippen LogP contribution < -0.4 is 5.32 Å². The third-order valence-corrected chi connectivity index (χ3v) is 9.44. The van der Waals surface area contributed by atoms with Gasteiger partial charge in [-0.25, -0.2) is 0 Å².